The summed E-state index contributed by atoms with van der Waals surface area (Å²) in [6, 6.07) is 13.4. The van der Waals surface area contributed by atoms with E-state index < -0.39 is 9.84 Å². The van der Waals surface area contributed by atoms with E-state index in [-0.39, 0.29) is 29.5 Å². The van der Waals surface area contributed by atoms with Crippen LogP contribution in [0, 0.1) is 0 Å². The van der Waals surface area contributed by atoms with Crippen LogP contribution in [0.25, 0.3) is 0 Å². The summed E-state index contributed by atoms with van der Waals surface area (Å²) >= 11 is 0. The van der Waals surface area contributed by atoms with Crippen molar-refractivity contribution in [2.45, 2.75) is 38.9 Å². The van der Waals surface area contributed by atoms with E-state index >= 15 is 0 Å². The molecular formula is C20H25N3O3S. The third kappa shape index (κ3) is 5.07. The number of benzene rings is 1. The molecule has 1 unspecified atom stereocenters. The lowest BCUT2D eigenvalue weighted by Crippen LogP contribution is -2.36. The van der Waals surface area contributed by atoms with E-state index in [0.717, 1.165) is 5.82 Å². The van der Waals surface area contributed by atoms with Gasteiger partial charge >= 0.3 is 0 Å². The molecule has 6 nitrogen and oxygen atoms in total. The van der Waals surface area contributed by atoms with E-state index in [2.05, 4.69) is 41.2 Å². The normalized spacial score (nSPS) is 18.4. The summed E-state index contributed by atoms with van der Waals surface area (Å²) in [5, 5.41) is 2.83. The molecule has 2 heterocycles. The van der Waals surface area contributed by atoms with Crippen molar-refractivity contribution in [2.75, 3.05) is 16.4 Å². The van der Waals surface area contributed by atoms with Gasteiger partial charge in [0, 0.05) is 30.4 Å². The summed E-state index contributed by atoms with van der Waals surface area (Å²) in [7, 11) is -3.03. The van der Waals surface area contributed by atoms with Gasteiger partial charge in [0.1, 0.15) is 5.82 Å². The molecule has 144 valence electrons. The summed E-state index contributed by atoms with van der Waals surface area (Å²) in [6.45, 7) is 4.86. The van der Waals surface area contributed by atoms with Gasteiger partial charge in [-0.3, -0.25) is 4.79 Å². The average molecular weight is 388 g/mol. The van der Waals surface area contributed by atoms with Crippen molar-refractivity contribution in [3.05, 3.63) is 59.8 Å². The molecule has 1 aromatic carbocycles. The predicted molar refractivity (Wildman–Crippen MR) is 107 cm³/mol. The van der Waals surface area contributed by atoms with Crippen molar-refractivity contribution in [3.8, 4) is 0 Å². The van der Waals surface area contributed by atoms with Crippen LogP contribution in [0.15, 0.2) is 48.7 Å². The fourth-order valence-corrected chi connectivity index (χ4v) is 4.88. The number of carbonyl (C=O) groups excluding carboxylic acids is 1. The van der Waals surface area contributed by atoms with Crippen LogP contribution < -0.4 is 10.2 Å². The number of pyridine rings is 1. The number of rotatable bonds is 6. The van der Waals surface area contributed by atoms with Crippen LogP contribution in [0.1, 0.15) is 36.2 Å². The molecule has 2 aromatic rings. The Morgan fingerprint density at radius 3 is 2.63 bits per heavy atom. The fraction of sp³-hybridized carbons (Fsp3) is 0.400. The number of sulfone groups is 1. The highest BCUT2D eigenvalue weighted by Gasteiger charge is 2.29. The summed E-state index contributed by atoms with van der Waals surface area (Å²) in [4.78, 5) is 19.1. The van der Waals surface area contributed by atoms with Crippen LogP contribution in [0.5, 0.6) is 0 Å². The van der Waals surface area contributed by atoms with Crippen LogP contribution >= 0.6 is 0 Å². The summed E-state index contributed by atoms with van der Waals surface area (Å²) < 4.78 is 23.2. The standard InChI is InChI=1S/C20H25N3O3S/c1-15(2)23(13-16-6-4-3-5-7-16)19-12-17(8-10-21-19)20(24)22-18-9-11-27(25,26)14-18/h3-8,10,12,15,18H,9,11,13-14H2,1-2H3,(H,22,24). The smallest absolute Gasteiger partial charge is 0.251 e. The highest BCUT2D eigenvalue weighted by atomic mass is 32.2. The number of nitrogens with one attached hydrogen (secondary N) is 1. The third-order valence-electron chi connectivity index (χ3n) is 4.69. The highest BCUT2D eigenvalue weighted by Crippen LogP contribution is 2.19. The molecular weight excluding hydrogens is 362 g/mol. The molecule has 1 aliphatic rings. The van der Waals surface area contributed by atoms with Gasteiger partial charge in [0.05, 0.1) is 11.5 Å². The zero-order valence-electron chi connectivity index (χ0n) is 15.6. The maximum absolute atomic E-state index is 12.6. The number of nitrogens with zero attached hydrogens (tertiary/aromatic N) is 2. The maximum Gasteiger partial charge on any atom is 0.251 e. The van der Waals surface area contributed by atoms with Crippen LogP contribution in [-0.4, -0.2) is 42.9 Å². The van der Waals surface area contributed by atoms with Gasteiger partial charge in [-0.2, -0.15) is 0 Å². The Balaban J connectivity index is 1.75. The van der Waals surface area contributed by atoms with Crippen LogP contribution in [0.2, 0.25) is 0 Å². The molecule has 1 fully saturated rings. The summed E-state index contributed by atoms with van der Waals surface area (Å²) in [5.74, 6) is 0.616. The quantitative estimate of drug-likeness (QED) is 0.823. The Hall–Kier alpha value is -2.41. The largest absolute Gasteiger partial charge is 0.350 e. The Bertz CT molecular complexity index is 898. The van der Waals surface area contributed by atoms with Crippen molar-refractivity contribution in [1.82, 2.24) is 10.3 Å². The number of anilines is 1. The van der Waals surface area contributed by atoms with E-state index in [0.29, 0.717) is 18.5 Å². The van der Waals surface area contributed by atoms with Gasteiger partial charge in [-0.05, 0) is 38.0 Å². The topological polar surface area (TPSA) is 79.4 Å². The molecule has 1 N–H and O–H groups in total. The van der Waals surface area contributed by atoms with Gasteiger partial charge in [0.25, 0.3) is 5.91 Å². The zero-order valence-corrected chi connectivity index (χ0v) is 16.4. The van der Waals surface area contributed by atoms with Crippen molar-refractivity contribution >= 4 is 21.6 Å². The molecule has 0 spiro atoms. The monoisotopic (exact) mass is 387 g/mol. The lowest BCUT2D eigenvalue weighted by Gasteiger charge is -2.28. The Morgan fingerprint density at radius 2 is 2.00 bits per heavy atom. The zero-order chi connectivity index (χ0) is 19.4. The molecule has 0 aliphatic carbocycles. The van der Waals surface area contributed by atoms with Crippen LogP contribution in [0.4, 0.5) is 5.82 Å². The van der Waals surface area contributed by atoms with Crippen molar-refractivity contribution in [2.24, 2.45) is 0 Å². The van der Waals surface area contributed by atoms with Gasteiger partial charge in [0.2, 0.25) is 0 Å². The highest BCUT2D eigenvalue weighted by molar-refractivity contribution is 7.91. The molecule has 1 aliphatic heterocycles. The predicted octanol–water partition coefficient (Wildman–Crippen LogP) is 2.41. The van der Waals surface area contributed by atoms with Crippen LogP contribution in [-0.2, 0) is 16.4 Å². The average Bonchev–Trinajstić information content (AvgIpc) is 2.98. The number of hydrogen-bond acceptors (Lipinski definition) is 5. The minimum absolute atomic E-state index is 0.0167. The minimum atomic E-state index is -3.03. The number of hydrogen-bond donors (Lipinski definition) is 1. The van der Waals surface area contributed by atoms with Crippen molar-refractivity contribution in [1.29, 1.82) is 0 Å². The van der Waals surface area contributed by atoms with E-state index in [1.165, 1.54) is 5.56 Å². The molecule has 1 aromatic heterocycles. The van der Waals surface area contributed by atoms with E-state index in [1.54, 1.807) is 18.3 Å². The minimum Gasteiger partial charge on any atom is -0.350 e. The molecule has 1 atom stereocenters. The second kappa shape index (κ2) is 8.08. The Morgan fingerprint density at radius 1 is 1.26 bits per heavy atom. The summed E-state index contributed by atoms with van der Waals surface area (Å²) in [6.07, 6.45) is 2.09. The second-order valence-electron chi connectivity index (χ2n) is 7.18. The molecule has 7 heteroatoms. The first kappa shape index (κ1) is 19.4. The second-order valence-corrected chi connectivity index (χ2v) is 9.41. The number of amides is 1. The Kier molecular flexibility index (Phi) is 5.79. The van der Waals surface area contributed by atoms with Gasteiger partial charge in [-0.1, -0.05) is 30.3 Å². The van der Waals surface area contributed by atoms with Gasteiger partial charge in [-0.25, -0.2) is 13.4 Å². The third-order valence-corrected chi connectivity index (χ3v) is 6.46. The Labute approximate surface area is 160 Å². The first-order valence-corrected chi connectivity index (χ1v) is 10.9. The molecule has 27 heavy (non-hydrogen) atoms. The van der Waals surface area contributed by atoms with E-state index in [4.69, 9.17) is 0 Å². The SMILES string of the molecule is CC(C)N(Cc1ccccc1)c1cc(C(=O)NC2CCS(=O)(=O)C2)ccn1. The molecule has 0 radical (unpaired) electrons. The molecule has 0 bridgehead atoms. The summed E-state index contributed by atoms with van der Waals surface area (Å²) in [5.41, 5.74) is 1.65. The van der Waals surface area contributed by atoms with Gasteiger partial charge in [0.15, 0.2) is 9.84 Å². The molecule has 3 rings (SSSR count). The number of aromatic nitrogens is 1. The van der Waals surface area contributed by atoms with Crippen molar-refractivity contribution in [3.63, 3.8) is 0 Å². The van der Waals surface area contributed by atoms with Crippen LogP contribution in [0.3, 0.4) is 0 Å². The fourth-order valence-electron chi connectivity index (χ4n) is 3.20. The molecule has 1 amide bonds. The lowest BCUT2D eigenvalue weighted by atomic mass is 10.1. The van der Waals surface area contributed by atoms with E-state index in [9.17, 15) is 13.2 Å². The van der Waals surface area contributed by atoms with E-state index in [1.807, 2.05) is 18.2 Å². The first-order valence-electron chi connectivity index (χ1n) is 9.12. The molecule has 1 saturated heterocycles. The van der Waals surface area contributed by atoms with Gasteiger partial charge < -0.3 is 10.2 Å². The van der Waals surface area contributed by atoms with Gasteiger partial charge in [-0.15, -0.1) is 0 Å². The first-order chi connectivity index (χ1) is 12.8. The lowest BCUT2D eigenvalue weighted by molar-refractivity contribution is 0.0941. The maximum atomic E-state index is 12.6. The van der Waals surface area contributed by atoms with Crippen molar-refractivity contribution < 1.29 is 13.2 Å². The number of carbonyl (C=O) groups is 1. The molecule has 0 saturated carbocycles.